The highest BCUT2D eigenvalue weighted by molar-refractivity contribution is 6.22. The monoisotopic (exact) mass is 289 g/mol. The summed E-state index contributed by atoms with van der Waals surface area (Å²) < 4.78 is 1.32. The number of rotatable bonds is 5. The molecular formula is C10H13Cl2N5O. The second-order valence-electron chi connectivity index (χ2n) is 4.06. The molecule has 0 bridgehead atoms. The highest BCUT2D eigenvalue weighted by atomic mass is 35.5. The van der Waals surface area contributed by atoms with Crippen molar-refractivity contribution in [2.24, 2.45) is 0 Å². The van der Waals surface area contributed by atoms with Crippen molar-refractivity contribution < 1.29 is 0 Å². The van der Waals surface area contributed by atoms with E-state index in [0.29, 0.717) is 23.2 Å². The number of alkyl halides is 2. The molecule has 18 heavy (non-hydrogen) atoms. The van der Waals surface area contributed by atoms with Gasteiger partial charge in [0.1, 0.15) is 12.1 Å². The van der Waals surface area contributed by atoms with Crippen LogP contribution in [0.5, 0.6) is 0 Å². The molecule has 0 spiro atoms. The Labute approximate surface area is 113 Å². The minimum atomic E-state index is -0.412. The van der Waals surface area contributed by atoms with E-state index in [-0.39, 0.29) is 5.69 Å². The van der Waals surface area contributed by atoms with E-state index in [0.717, 1.165) is 6.42 Å². The summed E-state index contributed by atoms with van der Waals surface area (Å²) in [5.74, 6) is 1.32. The van der Waals surface area contributed by atoms with Gasteiger partial charge in [0.2, 0.25) is 0 Å². The maximum Gasteiger partial charge on any atom is 0.348 e. The molecule has 0 saturated carbocycles. The molecule has 2 aromatic heterocycles. The summed E-state index contributed by atoms with van der Waals surface area (Å²) in [6, 6.07) is 1.67. The second-order valence-corrected chi connectivity index (χ2v) is 4.59. The van der Waals surface area contributed by atoms with Gasteiger partial charge in [-0.05, 0) is 6.42 Å². The van der Waals surface area contributed by atoms with Gasteiger partial charge < -0.3 is 5.32 Å². The summed E-state index contributed by atoms with van der Waals surface area (Å²) in [6.07, 6.45) is 2.17. The molecule has 0 aromatic carbocycles. The Morgan fingerprint density at radius 1 is 1.50 bits per heavy atom. The predicted molar refractivity (Wildman–Crippen MR) is 71.7 cm³/mol. The Kier molecular flexibility index (Phi) is 3.77. The van der Waals surface area contributed by atoms with Crippen LogP contribution in [-0.4, -0.2) is 36.9 Å². The molecule has 0 unspecified atom stereocenters. The van der Waals surface area contributed by atoms with E-state index in [1.54, 1.807) is 6.07 Å². The molecule has 2 rings (SSSR count). The lowest BCUT2D eigenvalue weighted by atomic mass is 10.0. The van der Waals surface area contributed by atoms with Crippen molar-refractivity contribution in [3.63, 3.8) is 0 Å². The summed E-state index contributed by atoms with van der Waals surface area (Å²) in [5.41, 5.74) is -0.238. The van der Waals surface area contributed by atoms with E-state index in [4.69, 9.17) is 23.2 Å². The summed E-state index contributed by atoms with van der Waals surface area (Å²) in [7, 11) is 0. The van der Waals surface area contributed by atoms with Crippen molar-refractivity contribution in [3.05, 3.63) is 22.9 Å². The van der Waals surface area contributed by atoms with E-state index < -0.39 is 5.54 Å². The van der Waals surface area contributed by atoms with Crippen molar-refractivity contribution in [3.8, 4) is 0 Å². The van der Waals surface area contributed by atoms with E-state index in [9.17, 15) is 4.79 Å². The number of H-pyrrole nitrogens is 1. The maximum atomic E-state index is 11.3. The van der Waals surface area contributed by atoms with Crippen LogP contribution >= 0.6 is 23.2 Å². The number of anilines is 1. The molecule has 8 heteroatoms. The molecule has 0 aliphatic heterocycles. The molecule has 2 aromatic rings. The Balaban J connectivity index is 2.34. The third-order valence-corrected chi connectivity index (χ3v) is 3.91. The quantitative estimate of drug-likeness (QED) is 0.817. The van der Waals surface area contributed by atoms with E-state index >= 15 is 0 Å². The normalized spacial score (nSPS) is 11.9. The Hall–Kier alpha value is -1.27. The van der Waals surface area contributed by atoms with Crippen LogP contribution in [0.25, 0.3) is 5.65 Å². The number of aromatic nitrogens is 4. The lowest BCUT2D eigenvalue weighted by molar-refractivity contribution is 0.557. The molecule has 0 aliphatic carbocycles. The van der Waals surface area contributed by atoms with Crippen LogP contribution in [0.2, 0.25) is 0 Å². The first-order chi connectivity index (χ1) is 8.64. The smallest absolute Gasteiger partial charge is 0.348 e. The van der Waals surface area contributed by atoms with Gasteiger partial charge in [-0.25, -0.2) is 19.3 Å². The van der Waals surface area contributed by atoms with Crippen LogP contribution in [0.15, 0.2) is 17.2 Å². The number of halogens is 2. The number of aromatic amines is 1. The van der Waals surface area contributed by atoms with Crippen LogP contribution in [0.4, 0.5) is 5.82 Å². The molecule has 0 atom stereocenters. The van der Waals surface area contributed by atoms with Crippen LogP contribution in [0.1, 0.15) is 13.3 Å². The maximum absolute atomic E-state index is 11.3. The third-order valence-electron chi connectivity index (χ3n) is 2.89. The van der Waals surface area contributed by atoms with Crippen LogP contribution in [0, 0.1) is 0 Å². The minimum Gasteiger partial charge on any atom is -0.362 e. The molecule has 0 radical (unpaired) electrons. The molecular weight excluding hydrogens is 277 g/mol. The fraction of sp³-hybridized carbons (Fsp3) is 0.500. The van der Waals surface area contributed by atoms with Crippen LogP contribution < -0.4 is 11.0 Å². The fourth-order valence-electron chi connectivity index (χ4n) is 1.53. The van der Waals surface area contributed by atoms with E-state index in [2.05, 4.69) is 20.5 Å². The number of nitrogens with zero attached hydrogens (tertiary/aromatic N) is 3. The van der Waals surface area contributed by atoms with Gasteiger partial charge in [-0.15, -0.1) is 23.2 Å². The molecule has 0 fully saturated rings. The molecule has 98 valence electrons. The van der Waals surface area contributed by atoms with Crippen LogP contribution in [-0.2, 0) is 0 Å². The predicted octanol–water partition coefficient (Wildman–Crippen LogP) is 1.46. The molecule has 0 amide bonds. The zero-order valence-corrected chi connectivity index (χ0v) is 11.3. The van der Waals surface area contributed by atoms with Gasteiger partial charge in [0.15, 0.2) is 5.65 Å². The fourth-order valence-corrected chi connectivity index (χ4v) is 2.33. The molecule has 0 saturated heterocycles. The number of hydrogen-bond acceptors (Lipinski definition) is 4. The van der Waals surface area contributed by atoms with Gasteiger partial charge in [-0.1, -0.05) is 6.92 Å². The Morgan fingerprint density at radius 3 is 2.83 bits per heavy atom. The van der Waals surface area contributed by atoms with Crippen LogP contribution in [0.3, 0.4) is 0 Å². The highest BCUT2D eigenvalue weighted by Gasteiger charge is 2.26. The van der Waals surface area contributed by atoms with Gasteiger partial charge in [0.05, 0.1) is 5.54 Å². The third kappa shape index (κ3) is 2.30. The number of fused-ring (bicyclic) bond motifs is 1. The molecule has 2 heterocycles. The average Bonchev–Trinajstić information content (AvgIpc) is 2.77. The van der Waals surface area contributed by atoms with Gasteiger partial charge >= 0.3 is 5.69 Å². The average molecular weight is 290 g/mol. The molecule has 6 nitrogen and oxygen atoms in total. The summed E-state index contributed by atoms with van der Waals surface area (Å²) in [4.78, 5) is 15.4. The summed E-state index contributed by atoms with van der Waals surface area (Å²) in [6.45, 7) is 2.00. The SMILES string of the molecule is CCC(CCl)(CCl)Nc1cc2n[nH]c(=O)n2cn1. The lowest BCUT2D eigenvalue weighted by Gasteiger charge is -2.29. The van der Waals surface area contributed by atoms with Crippen molar-refractivity contribution >= 4 is 34.7 Å². The topological polar surface area (TPSA) is 75.1 Å². The van der Waals surface area contributed by atoms with Crippen molar-refractivity contribution in [2.45, 2.75) is 18.9 Å². The first-order valence-electron chi connectivity index (χ1n) is 5.47. The van der Waals surface area contributed by atoms with E-state index in [1.807, 2.05) is 6.92 Å². The van der Waals surface area contributed by atoms with Crippen molar-refractivity contribution in [2.75, 3.05) is 17.1 Å². The van der Waals surface area contributed by atoms with Gasteiger partial charge in [0.25, 0.3) is 0 Å². The number of hydrogen-bond donors (Lipinski definition) is 2. The first kappa shape index (κ1) is 13.2. The summed E-state index contributed by atoms with van der Waals surface area (Å²) in [5, 5.41) is 9.41. The summed E-state index contributed by atoms with van der Waals surface area (Å²) >= 11 is 11.9. The number of nitrogens with one attached hydrogen (secondary N) is 2. The van der Waals surface area contributed by atoms with Crippen molar-refractivity contribution in [1.82, 2.24) is 19.6 Å². The molecule has 0 aliphatic rings. The standard InChI is InChI=1S/C10H13Cl2N5O/c1-2-10(4-11,5-12)14-7-3-8-15-16-9(18)17(8)6-13-7/h3,6,14H,2,4-5H2,1H3,(H,16,18). The van der Waals surface area contributed by atoms with Gasteiger partial charge in [-0.2, -0.15) is 5.10 Å². The first-order valence-corrected chi connectivity index (χ1v) is 6.54. The lowest BCUT2D eigenvalue weighted by Crippen LogP contribution is -2.42. The van der Waals surface area contributed by atoms with Crippen molar-refractivity contribution in [1.29, 1.82) is 0 Å². The second kappa shape index (κ2) is 5.16. The highest BCUT2D eigenvalue weighted by Crippen LogP contribution is 2.21. The Morgan fingerprint density at radius 2 is 2.22 bits per heavy atom. The van der Waals surface area contributed by atoms with E-state index in [1.165, 1.54) is 10.7 Å². The van der Waals surface area contributed by atoms with Gasteiger partial charge in [0, 0.05) is 17.8 Å². The largest absolute Gasteiger partial charge is 0.362 e. The van der Waals surface area contributed by atoms with Gasteiger partial charge in [-0.3, -0.25) is 0 Å². The zero-order chi connectivity index (χ0) is 13.2. The molecule has 2 N–H and O–H groups in total. The zero-order valence-electron chi connectivity index (χ0n) is 9.78. The minimum absolute atomic E-state index is 0.319. The Bertz CT molecular complexity index is 581.